The quantitative estimate of drug-likeness (QED) is 0.659. The lowest BCUT2D eigenvalue weighted by Crippen LogP contribution is -2.43. The van der Waals surface area contributed by atoms with Crippen LogP contribution in [0.4, 0.5) is 8.78 Å². The number of ether oxygens (including phenoxy) is 1. The summed E-state index contributed by atoms with van der Waals surface area (Å²) in [5.41, 5.74) is 0. The summed E-state index contributed by atoms with van der Waals surface area (Å²) in [7, 11) is -3.69. The average molecular weight is 245 g/mol. The van der Waals surface area contributed by atoms with E-state index in [0.717, 1.165) is 7.11 Å². The van der Waals surface area contributed by atoms with Crippen LogP contribution < -0.4 is 0 Å². The standard InChI is InChI=1S/C7H13F2NO4S/c1-5(2)10(4-6(11)14-3)15(12,13)7(8)9/h5,7H,4H2,1-3H3. The number of hydrogen-bond acceptors (Lipinski definition) is 4. The summed E-state index contributed by atoms with van der Waals surface area (Å²) < 4.78 is 51.2. The van der Waals surface area contributed by atoms with E-state index in [2.05, 4.69) is 4.74 Å². The predicted molar refractivity (Wildman–Crippen MR) is 48.8 cm³/mol. The van der Waals surface area contributed by atoms with Crippen LogP contribution in [0.2, 0.25) is 0 Å². The van der Waals surface area contributed by atoms with Crippen molar-refractivity contribution in [2.45, 2.75) is 25.6 Å². The van der Waals surface area contributed by atoms with Gasteiger partial charge >= 0.3 is 11.7 Å². The second kappa shape index (κ2) is 5.36. The first-order valence-corrected chi connectivity index (χ1v) is 5.59. The first-order valence-electron chi connectivity index (χ1n) is 4.09. The number of esters is 1. The first kappa shape index (κ1) is 14.2. The lowest BCUT2D eigenvalue weighted by atomic mass is 10.4. The molecule has 8 heteroatoms. The van der Waals surface area contributed by atoms with Gasteiger partial charge in [0.05, 0.1) is 7.11 Å². The van der Waals surface area contributed by atoms with E-state index in [4.69, 9.17) is 0 Å². The number of carbonyl (C=O) groups is 1. The number of halogens is 2. The van der Waals surface area contributed by atoms with Gasteiger partial charge in [0.25, 0.3) is 10.0 Å². The molecule has 0 fully saturated rings. The van der Waals surface area contributed by atoms with Crippen LogP contribution in [0.5, 0.6) is 0 Å². The fraction of sp³-hybridized carbons (Fsp3) is 0.857. The van der Waals surface area contributed by atoms with E-state index >= 15 is 0 Å². The van der Waals surface area contributed by atoms with Crippen LogP contribution in [-0.4, -0.2) is 44.1 Å². The zero-order valence-corrected chi connectivity index (χ0v) is 9.42. The summed E-state index contributed by atoms with van der Waals surface area (Å²) in [5.74, 6) is -4.42. The molecule has 0 aliphatic rings. The molecule has 15 heavy (non-hydrogen) atoms. The van der Waals surface area contributed by atoms with Crippen LogP contribution >= 0.6 is 0 Å². The molecule has 0 spiro atoms. The molecule has 0 aliphatic carbocycles. The van der Waals surface area contributed by atoms with E-state index in [1.807, 2.05) is 0 Å². The zero-order chi connectivity index (χ0) is 12.2. The van der Waals surface area contributed by atoms with Crippen LogP contribution in [0.3, 0.4) is 0 Å². The second-order valence-electron chi connectivity index (χ2n) is 3.02. The Kier molecular flexibility index (Phi) is 5.09. The van der Waals surface area contributed by atoms with E-state index in [-0.39, 0.29) is 0 Å². The molecule has 0 N–H and O–H groups in total. The van der Waals surface area contributed by atoms with Gasteiger partial charge in [-0.1, -0.05) is 0 Å². The average Bonchev–Trinajstić information content (AvgIpc) is 2.12. The molecule has 0 unspecified atom stereocenters. The van der Waals surface area contributed by atoms with Gasteiger partial charge in [0.1, 0.15) is 6.54 Å². The van der Waals surface area contributed by atoms with Gasteiger partial charge in [-0.25, -0.2) is 8.42 Å². The topological polar surface area (TPSA) is 63.7 Å². The highest BCUT2D eigenvalue weighted by Gasteiger charge is 2.35. The number of nitrogens with zero attached hydrogens (tertiary/aromatic N) is 1. The number of hydrogen-bond donors (Lipinski definition) is 0. The molecule has 0 radical (unpaired) electrons. The van der Waals surface area contributed by atoms with Gasteiger partial charge < -0.3 is 4.74 Å². The molecular weight excluding hydrogens is 232 g/mol. The van der Waals surface area contributed by atoms with Crippen LogP contribution in [0.25, 0.3) is 0 Å². The second-order valence-corrected chi connectivity index (χ2v) is 4.88. The molecule has 0 rings (SSSR count). The zero-order valence-electron chi connectivity index (χ0n) is 8.61. The minimum atomic E-state index is -4.74. The molecule has 5 nitrogen and oxygen atoms in total. The lowest BCUT2D eigenvalue weighted by Gasteiger charge is -2.23. The van der Waals surface area contributed by atoms with Crippen LogP contribution in [-0.2, 0) is 19.6 Å². The molecule has 0 atom stereocenters. The maximum absolute atomic E-state index is 12.2. The van der Waals surface area contributed by atoms with Crippen LogP contribution in [0.1, 0.15) is 13.8 Å². The Morgan fingerprint density at radius 3 is 2.13 bits per heavy atom. The monoisotopic (exact) mass is 245 g/mol. The highest BCUT2D eigenvalue weighted by atomic mass is 32.2. The van der Waals surface area contributed by atoms with Gasteiger partial charge in [-0.15, -0.1) is 0 Å². The largest absolute Gasteiger partial charge is 0.468 e. The van der Waals surface area contributed by atoms with Gasteiger partial charge in [-0.2, -0.15) is 13.1 Å². The first-order chi connectivity index (χ1) is 6.73. The molecule has 0 amide bonds. The van der Waals surface area contributed by atoms with E-state index in [9.17, 15) is 22.0 Å². The molecule has 0 aliphatic heterocycles. The van der Waals surface area contributed by atoms with Crippen molar-refractivity contribution in [3.8, 4) is 0 Å². The molecule has 0 aromatic heterocycles. The summed E-state index contributed by atoms with van der Waals surface area (Å²) in [5, 5.41) is 0. The van der Waals surface area contributed by atoms with Crippen molar-refractivity contribution < 1.29 is 26.7 Å². The summed E-state index contributed by atoms with van der Waals surface area (Å²) in [6.07, 6.45) is 0. The van der Waals surface area contributed by atoms with Crippen molar-refractivity contribution in [2.75, 3.05) is 13.7 Å². The Balaban J connectivity index is 4.91. The van der Waals surface area contributed by atoms with E-state index in [1.165, 1.54) is 13.8 Å². The Bertz CT molecular complexity index is 315. The van der Waals surface area contributed by atoms with Crippen LogP contribution in [0, 0.1) is 0 Å². The maximum atomic E-state index is 12.2. The number of alkyl halides is 2. The third kappa shape index (κ3) is 3.71. The third-order valence-corrected chi connectivity index (χ3v) is 3.30. The predicted octanol–water partition coefficient (Wildman–Crippen LogP) is 0.422. The molecule has 0 aromatic rings. The molecule has 0 bridgehead atoms. The minimum absolute atomic E-state index is 0.406. The molecule has 0 aromatic carbocycles. The molecular formula is C7H13F2NO4S. The van der Waals surface area contributed by atoms with Gasteiger partial charge in [0.2, 0.25) is 0 Å². The van der Waals surface area contributed by atoms with Crippen molar-refractivity contribution in [1.82, 2.24) is 4.31 Å². The summed E-state index contributed by atoms with van der Waals surface area (Å²) in [4.78, 5) is 10.8. The van der Waals surface area contributed by atoms with Crippen LogP contribution in [0.15, 0.2) is 0 Å². The van der Waals surface area contributed by atoms with Gasteiger partial charge in [0, 0.05) is 6.04 Å². The maximum Gasteiger partial charge on any atom is 0.350 e. The molecule has 0 saturated heterocycles. The van der Waals surface area contributed by atoms with Gasteiger partial charge in [0.15, 0.2) is 0 Å². The summed E-state index contributed by atoms with van der Waals surface area (Å²) in [6.45, 7) is 2.08. The highest BCUT2D eigenvalue weighted by molar-refractivity contribution is 7.89. The Morgan fingerprint density at radius 1 is 1.40 bits per heavy atom. The number of methoxy groups -OCH3 is 1. The number of rotatable bonds is 5. The number of carbonyl (C=O) groups excluding carboxylic acids is 1. The molecule has 0 saturated carbocycles. The summed E-state index contributed by atoms with van der Waals surface area (Å²) in [6, 6.07) is -0.733. The van der Waals surface area contributed by atoms with E-state index in [1.54, 1.807) is 0 Å². The van der Waals surface area contributed by atoms with Crippen molar-refractivity contribution in [2.24, 2.45) is 0 Å². The van der Waals surface area contributed by atoms with Crippen molar-refractivity contribution in [1.29, 1.82) is 0 Å². The fourth-order valence-electron chi connectivity index (χ4n) is 0.861. The van der Waals surface area contributed by atoms with Crippen molar-refractivity contribution in [3.05, 3.63) is 0 Å². The fourth-order valence-corrected chi connectivity index (χ4v) is 1.94. The Hall–Kier alpha value is -0.760. The Labute approximate surface area is 87.1 Å². The highest BCUT2D eigenvalue weighted by Crippen LogP contribution is 2.14. The smallest absolute Gasteiger partial charge is 0.350 e. The minimum Gasteiger partial charge on any atom is -0.468 e. The van der Waals surface area contributed by atoms with Gasteiger partial charge in [-0.3, -0.25) is 4.79 Å². The lowest BCUT2D eigenvalue weighted by molar-refractivity contribution is -0.141. The molecule has 0 heterocycles. The van der Waals surface area contributed by atoms with Gasteiger partial charge in [-0.05, 0) is 13.8 Å². The third-order valence-electron chi connectivity index (χ3n) is 1.64. The van der Waals surface area contributed by atoms with E-state index in [0.29, 0.717) is 4.31 Å². The molecule has 90 valence electrons. The SMILES string of the molecule is COC(=O)CN(C(C)C)S(=O)(=O)C(F)F. The normalized spacial score (nSPS) is 12.5. The Morgan fingerprint density at radius 2 is 1.87 bits per heavy atom. The summed E-state index contributed by atoms with van der Waals surface area (Å²) >= 11 is 0. The number of sulfonamides is 1. The van der Waals surface area contributed by atoms with E-state index < -0.39 is 34.3 Å². The van der Waals surface area contributed by atoms with Crippen molar-refractivity contribution in [3.63, 3.8) is 0 Å². The van der Waals surface area contributed by atoms with Crippen molar-refractivity contribution >= 4 is 16.0 Å².